The monoisotopic (exact) mass is 345 g/mol. The Morgan fingerprint density at radius 3 is 2.87 bits per heavy atom. The van der Waals surface area contributed by atoms with Crippen molar-refractivity contribution >= 4 is 17.4 Å². The van der Waals surface area contributed by atoms with Gasteiger partial charge in [0.05, 0.1) is 17.1 Å². The lowest BCUT2D eigenvalue weighted by Crippen LogP contribution is -2.32. The molecule has 1 atom stereocenters. The molecule has 0 bridgehead atoms. The van der Waals surface area contributed by atoms with Crippen LogP contribution in [0.3, 0.4) is 0 Å². The third kappa shape index (κ3) is 3.41. The molecular formula is C14H15ClF3N5. The zero-order valence-corrected chi connectivity index (χ0v) is 13.1. The summed E-state index contributed by atoms with van der Waals surface area (Å²) < 4.78 is 39.7. The van der Waals surface area contributed by atoms with Crippen molar-refractivity contribution in [3.8, 4) is 0 Å². The highest BCUT2D eigenvalue weighted by Crippen LogP contribution is 2.32. The second kappa shape index (κ2) is 5.99. The maximum Gasteiger partial charge on any atom is 0.417 e. The Hall–Kier alpha value is -1.83. The topological polar surface area (TPSA) is 55.6 Å². The van der Waals surface area contributed by atoms with E-state index in [2.05, 4.69) is 20.4 Å². The molecule has 0 aliphatic carbocycles. The lowest BCUT2D eigenvalue weighted by atomic mass is 10.1. The summed E-state index contributed by atoms with van der Waals surface area (Å²) >= 11 is 5.92. The van der Waals surface area contributed by atoms with E-state index in [-0.39, 0.29) is 16.9 Å². The van der Waals surface area contributed by atoms with Crippen molar-refractivity contribution in [1.29, 1.82) is 0 Å². The fraction of sp³-hybridized carbons (Fsp3) is 0.500. The number of halogens is 4. The summed E-state index contributed by atoms with van der Waals surface area (Å²) in [7, 11) is 0. The van der Waals surface area contributed by atoms with E-state index in [9.17, 15) is 13.2 Å². The molecule has 124 valence electrons. The van der Waals surface area contributed by atoms with Crippen LogP contribution in [0.2, 0.25) is 5.02 Å². The molecule has 0 saturated heterocycles. The Morgan fingerprint density at radius 1 is 1.43 bits per heavy atom. The predicted octanol–water partition coefficient (Wildman–Crippen LogP) is 3.33. The first-order valence-corrected chi connectivity index (χ1v) is 7.66. The van der Waals surface area contributed by atoms with Gasteiger partial charge in [-0.3, -0.25) is 0 Å². The fourth-order valence-corrected chi connectivity index (χ4v) is 2.74. The average Bonchev–Trinajstić information content (AvgIpc) is 2.90. The van der Waals surface area contributed by atoms with E-state index >= 15 is 0 Å². The Bertz CT molecular complexity index is 713. The number of aromatic nitrogens is 4. The number of fused-ring (bicyclic) bond motifs is 1. The summed E-state index contributed by atoms with van der Waals surface area (Å²) in [6.07, 6.45) is -1.35. The molecule has 1 unspecified atom stereocenters. The number of hydrogen-bond acceptors (Lipinski definition) is 4. The van der Waals surface area contributed by atoms with Crippen molar-refractivity contribution in [1.82, 2.24) is 19.7 Å². The molecule has 1 aliphatic rings. The minimum atomic E-state index is -4.45. The summed E-state index contributed by atoms with van der Waals surface area (Å²) in [5.41, 5.74) is -0.858. The van der Waals surface area contributed by atoms with Crippen molar-refractivity contribution in [2.45, 2.75) is 44.9 Å². The molecule has 0 saturated carbocycles. The third-order valence-corrected chi connectivity index (χ3v) is 4.02. The molecular weight excluding hydrogens is 331 g/mol. The standard InChI is InChI=1S/C14H15ClF3N5/c1-2-11-21-12-4-3-9(7-23(12)22-11)20-13-10(15)5-8(6-19-13)14(16,17)18/h5-6,9H,2-4,7H2,1H3,(H,19,20). The number of pyridine rings is 1. The summed E-state index contributed by atoms with van der Waals surface area (Å²) in [6.45, 7) is 2.57. The molecule has 0 amide bonds. The quantitative estimate of drug-likeness (QED) is 0.927. The molecule has 5 nitrogen and oxygen atoms in total. The second-order valence-electron chi connectivity index (χ2n) is 5.41. The zero-order valence-electron chi connectivity index (χ0n) is 12.4. The lowest BCUT2D eigenvalue weighted by molar-refractivity contribution is -0.137. The van der Waals surface area contributed by atoms with Gasteiger partial charge in [-0.05, 0) is 12.5 Å². The molecule has 9 heteroatoms. The molecule has 0 spiro atoms. The largest absolute Gasteiger partial charge is 0.417 e. The van der Waals surface area contributed by atoms with Crippen LogP contribution in [0.5, 0.6) is 0 Å². The zero-order chi connectivity index (χ0) is 16.6. The second-order valence-corrected chi connectivity index (χ2v) is 5.82. The van der Waals surface area contributed by atoms with Crippen molar-refractivity contribution in [2.24, 2.45) is 0 Å². The van der Waals surface area contributed by atoms with Gasteiger partial charge in [-0.2, -0.15) is 18.3 Å². The highest BCUT2D eigenvalue weighted by atomic mass is 35.5. The Morgan fingerprint density at radius 2 is 2.22 bits per heavy atom. The fourth-order valence-electron chi connectivity index (χ4n) is 2.52. The summed E-state index contributed by atoms with van der Waals surface area (Å²) in [5, 5.41) is 7.45. The Kier molecular flexibility index (Phi) is 4.18. The summed E-state index contributed by atoms with van der Waals surface area (Å²) in [5.74, 6) is 1.99. The smallest absolute Gasteiger partial charge is 0.364 e. The SMILES string of the molecule is CCc1nc2n(n1)CC(Nc1ncc(C(F)(F)F)cc1Cl)CC2. The van der Waals surface area contributed by atoms with Crippen LogP contribution >= 0.6 is 11.6 Å². The molecule has 0 radical (unpaired) electrons. The van der Waals surface area contributed by atoms with Gasteiger partial charge in [-0.25, -0.2) is 14.6 Å². The Balaban J connectivity index is 1.73. The number of nitrogens with one attached hydrogen (secondary N) is 1. The van der Waals surface area contributed by atoms with Gasteiger partial charge in [0.2, 0.25) is 0 Å². The van der Waals surface area contributed by atoms with Crippen LogP contribution < -0.4 is 5.32 Å². The molecule has 2 aromatic heterocycles. The molecule has 2 aromatic rings. The molecule has 3 rings (SSSR count). The van der Waals surface area contributed by atoms with Crippen LogP contribution in [-0.2, 0) is 25.6 Å². The van der Waals surface area contributed by atoms with Gasteiger partial charge in [-0.1, -0.05) is 18.5 Å². The first-order chi connectivity index (χ1) is 10.9. The van der Waals surface area contributed by atoms with Gasteiger partial charge in [0.15, 0.2) is 5.82 Å². The van der Waals surface area contributed by atoms with Gasteiger partial charge in [-0.15, -0.1) is 0 Å². The molecule has 3 heterocycles. The van der Waals surface area contributed by atoms with Crippen LogP contribution in [-0.4, -0.2) is 25.8 Å². The molecule has 0 aromatic carbocycles. The lowest BCUT2D eigenvalue weighted by Gasteiger charge is -2.24. The van der Waals surface area contributed by atoms with Gasteiger partial charge >= 0.3 is 6.18 Å². The number of hydrogen-bond donors (Lipinski definition) is 1. The van der Waals surface area contributed by atoms with E-state index in [1.165, 1.54) is 0 Å². The van der Waals surface area contributed by atoms with Crippen molar-refractivity contribution in [3.63, 3.8) is 0 Å². The third-order valence-electron chi connectivity index (χ3n) is 3.73. The van der Waals surface area contributed by atoms with E-state index in [1.807, 2.05) is 11.6 Å². The number of rotatable bonds is 3. The van der Waals surface area contributed by atoms with Gasteiger partial charge in [0.1, 0.15) is 11.6 Å². The van der Waals surface area contributed by atoms with Crippen LogP contribution in [0.25, 0.3) is 0 Å². The van der Waals surface area contributed by atoms with E-state index in [0.29, 0.717) is 6.54 Å². The minimum absolute atomic E-state index is 0.00403. The van der Waals surface area contributed by atoms with Crippen molar-refractivity contribution in [2.75, 3.05) is 5.32 Å². The van der Waals surface area contributed by atoms with Crippen molar-refractivity contribution in [3.05, 3.63) is 34.5 Å². The number of alkyl halides is 3. The van der Waals surface area contributed by atoms with E-state index in [0.717, 1.165) is 43.2 Å². The number of nitrogens with zero attached hydrogens (tertiary/aromatic N) is 4. The van der Waals surface area contributed by atoms with Crippen LogP contribution in [0.15, 0.2) is 12.3 Å². The minimum Gasteiger partial charge on any atom is -0.364 e. The molecule has 23 heavy (non-hydrogen) atoms. The van der Waals surface area contributed by atoms with Crippen LogP contribution in [0.4, 0.5) is 19.0 Å². The molecule has 1 N–H and O–H groups in total. The highest BCUT2D eigenvalue weighted by molar-refractivity contribution is 6.33. The van der Waals surface area contributed by atoms with E-state index < -0.39 is 11.7 Å². The number of anilines is 1. The van der Waals surface area contributed by atoms with Gasteiger partial charge in [0.25, 0.3) is 0 Å². The Labute approximate surface area is 135 Å². The molecule has 0 fully saturated rings. The molecule has 1 aliphatic heterocycles. The highest BCUT2D eigenvalue weighted by Gasteiger charge is 2.32. The van der Waals surface area contributed by atoms with E-state index in [1.54, 1.807) is 0 Å². The summed E-state index contributed by atoms with van der Waals surface area (Å²) in [4.78, 5) is 8.23. The van der Waals surface area contributed by atoms with E-state index in [4.69, 9.17) is 11.6 Å². The van der Waals surface area contributed by atoms with Crippen LogP contribution in [0.1, 0.15) is 30.6 Å². The normalized spacial score (nSPS) is 17.9. The van der Waals surface area contributed by atoms with Gasteiger partial charge in [0, 0.05) is 25.1 Å². The van der Waals surface area contributed by atoms with Gasteiger partial charge < -0.3 is 5.32 Å². The average molecular weight is 346 g/mol. The maximum absolute atomic E-state index is 12.6. The maximum atomic E-state index is 12.6. The van der Waals surface area contributed by atoms with Crippen LogP contribution in [0, 0.1) is 0 Å². The summed E-state index contributed by atoms with van der Waals surface area (Å²) in [6, 6.07) is 0.881. The number of aryl methyl sites for hydroxylation is 2. The predicted molar refractivity (Wildman–Crippen MR) is 79.4 cm³/mol. The first-order valence-electron chi connectivity index (χ1n) is 7.28. The first kappa shape index (κ1) is 16.0. The van der Waals surface area contributed by atoms with Crippen molar-refractivity contribution < 1.29 is 13.2 Å².